The highest BCUT2D eigenvalue weighted by atomic mass is 35.5. The van der Waals surface area contributed by atoms with Gasteiger partial charge in [-0.25, -0.2) is 4.98 Å². The van der Waals surface area contributed by atoms with E-state index in [0.29, 0.717) is 22.4 Å². The van der Waals surface area contributed by atoms with Gasteiger partial charge >= 0.3 is 0 Å². The number of nitrogens with zero attached hydrogens (tertiary/aromatic N) is 1. The number of ether oxygens (including phenoxy) is 2. The van der Waals surface area contributed by atoms with E-state index in [2.05, 4.69) is 4.98 Å². The Bertz CT molecular complexity index is 571. The molecule has 0 saturated carbocycles. The first-order valence-electron chi connectivity index (χ1n) is 4.88. The zero-order valence-electron chi connectivity index (χ0n) is 8.57. The molecule has 0 radical (unpaired) electrons. The highest BCUT2D eigenvalue weighted by Gasteiger charge is 2.19. The first-order chi connectivity index (χ1) is 8.28. The summed E-state index contributed by atoms with van der Waals surface area (Å²) in [5, 5.41) is 3.35. The third-order valence-corrected chi connectivity index (χ3v) is 3.86. The van der Waals surface area contributed by atoms with Crippen LogP contribution in [0.15, 0.2) is 17.5 Å². The molecule has 0 saturated heterocycles. The van der Waals surface area contributed by atoms with Gasteiger partial charge in [-0.1, -0.05) is 11.6 Å². The molecule has 0 atom stereocenters. The minimum Gasteiger partial charge on any atom is -0.454 e. The normalized spacial score (nSPS) is 13.1. The minimum atomic E-state index is 0.212. The van der Waals surface area contributed by atoms with E-state index < -0.39 is 0 Å². The number of benzene rings is 1. The van der Waals surface area contributed by atoms with Crippen LogP contribution in [-0.4, -0.2) is 11.8 Å². The smallest absolute Gasteiger partial charge is 0.231 e. The molecule has 3 rings (SSSR count). The van der Waals surface area contributed by atoms with Crippen LogP contribution in [0.5, 0.6) is 11.5 Å². The van der Waals surface area contributed by atoms with Gasteiger partial charge in [0.2, 0.25) is 6.79 Å². The van der Waals surface area contributed by atoms with E-state index in [4.69, 9.17) is 32.7 Å². The largest absolute Gasteiger partial charge is 0.454 e. The van der Waals surface area contributed by atoms with Crippen molar-refractivity contribution in [3.63, 3.8) is 0 Å². The topological polar surface area (TPSA) is 31.4 Å². The second-order valence-corrected chi connectivity index (χ2v) is 5.00. The molecule has 0 unspecified atom stereocenters. The predicted molar refractivity (Wildman–Crippen MR) is 68.2 cm³/mol. The van der Waals surface area contributed by atoms with E-state index in [9.17, 15) is 0 Å². The van der Waals surface area contributed by atoms with Crippen LogP contribution in [0.2, 0.25) is 5.02 Å². The van der Waals surface area contributed by atoms with Gasteiger partial charge in [0.1, 0.15) is 5.01 Å². The van der Waals surface area contributed by atoms with Gasteiger partial charge in [0.25, 0.3) is 0 Å². The lowest BCUT2D eigenvalue weighted by molar-refractivity contribution is 0.174. The van der Waals surface area contributed by atoms with Crippen molar-refractivity contribution in [2.45, 2.75) is 5.88 Å². The summed E-state index contributed by atoms with van der Waals surface area (Å²) in [7, 11) is 0. The molecule has 0 spiro atoms. The van der Waals surface area contributed by atoms with Crippen LogP contribution in [0.4, 0.5) is 0 Å². The first kappa shape index (κ1) is 11.1. The molecule has 0 bridgehead atoms. The molecular formula is C11H7Cl2NO2S. The number of aromatic nitrogens is 1. The number of alkyl halides is 1. The van der Waals surface area contributed by atoms with Crippen molar-refractivity contribution < 1.29 is 9.47 Å². The van der Waals surface area contributed by atoms with Crippen LogP contribution < -0.4 is 9.47 Å². The van der Waals surface area contributed by atoms with Gasteiger partial charge in [-0.05, 0) is 12.1 Å². The summed E-state index contributed by atoms with van der Waals surface area (Å²) in [6.45, 7) is 0.212. The Morgan fingerprint density at radius 2 is 2.24 bits per heavy atom. The van der Waals surface area contributed by atoms with Crippen LogP contribution in [0.25, 0.3) is 10.6 Å². The van der Waals surface area contributed by atoms with Crippen molar-refractivity contribution in [3.8, 4) is 22.1 Å². The van der Waals surface area contributed by atoms with E-state index in [0.717, 1.165) is 16.3 Å². The molecular weight excluding hydrogens is 281 g/mol. The average molecular weight is 288 g/mol. The highest BCUT2D eigenvalue weighted by Crippen LogP contribution is 2.42. The van der Waals surface area contributed by atoms with Gasteiger partial charge < -0.3 is 9.47 Å². The zero-order chi connectivity index (χ0) is 11.8. The Hall–Kier alpha value is -0.970. The summed E-state index contributed by atoms with van der Waals surface area (Å²) in [6, 6.07) is 3.71. The van der Waals surface area contributed by atoms with Gasteiger partial charge in [-0.2, -0.15) is 0 Å². The lowest BCUT2D eigenvalue weighted by Crippen LogP contribution is -1.93. The highest BCUT2D eigenvalue weighted by molar-refractivity contribution is 7.13. The van der Waals surface area contributed by atoms with E-state index >= 15 is 0 Å². The fourth-order valence-corrected chi connectivity index (χ4v) is 2.89. The van der Waals surface area contributed by atoms with Crippen molar-refractivity contribution in [1.82, 2.24) is 4.98 Å². The lowest BCUT2D eigenvalue weighted by atomic mass is 10.2. The summed E-state index contributed by atoms with van der Waals surface area (Å²) in [6.07, 6.45) is 0. The molecule has 2 aromatic rings. The Balaban J connectivity index is 2.06. The molecule has 3 nitrogen and oxygen atoms in total. The molecule has 17 heavy (non-hydrogen) atoms. The molecule has 88 valence electrons. The summed E-state index contributed by atoms with van der Waals surface area (Å²) in [4.78, 5) is 4.40. The maximum absolute atomic E-state index is 6.11. The third kappa shape index (κ3) is 1.97. The second kappa shape index (κ2) is 4.37. The summed E-state index contributed by atoms with van der Waals surface area (Å²) in [5.41, 5.74) is 1.78. The zero-order valence-corrected chi connectivity index (χ0v) is 10.9. The van der Waals surface area contributed by atoms with Crippen molar-refractivity contribution in [3.05, 3.63) is 28.2 Å². The number of halogens is 2. The van der Waals surface area contributed by atoms with Crippen molar-refractivity contribution in [2.75, 3.05) is 6.79 Å². The van der Waals surface area contributed by atoms with E-state index in [1.807, 2.05) is 17.5 Å². The number of hydrogen-bond donors (Lipinski definition) is 0. The van der Waals surface area contributed by atoms with Crippen molar-refractivity contribution in [2.24, 2.45) is 0 Å². The monoisotopic (exact) mass is 287 g/mol. The van der Waals surface area contributed by atoms with Gasteiger partial charge in [0.05, 0.1) is 16.6 Å². The fourth-order valence-electron chi connectivity index (χ4n) is 1.59. The van der Waals surface area contributed by atoms with Crippen LogP contribution in [0, 0.1) is 0 Å². The van der Waals surface area contributed by atoms with Gasteiger partial charge in [-0.15, -0.1) is 22.9 Å². The molecule has 0 fully saturated rings. The maximum Gasteiger partial charge on any atom is 0.231 e. The number of rotatable bonds is 2. The van der Waals surface area contributed by atoms with Crippen LogP contribution in [0.1, 0.15) is 5.69 Å². The summed E-state index contributed by atoms with van der Waals surface area (Å²) in [5.74, 6) is 1.68. The van der Waals surface area contributed by atoms with Crippen LogP contribution in [0.3, 0.4) is 0 Å². The first-order valence-corrected chi connectivity index (χ1v) is 6.67. The van der Waals surface area contributed by atoms with Gasteiger partial charge in [0.15, 0.2) is 11.5 Å². The third-order valence-electron chi connectivity index (χ3n) is 2.36. The van der Waals surface area contributed by atoms with E-state index in [-0.39, 0.29) is 6.79 Å². The standard InChI is InChI=1S/C11H7Cl2NO2S/c12-3-7-4-17-11(14-7)6-1-8(13)10-9(2-6)15-5-16-10/h1-2,4H,3,5H2. The van der Waals surface area contributed by atoms with E-state index in [1.165, 1.54) is 11.3 Å². The Morgan fingerprint density at radius 1 is 1.35 bits per heavy atom. The van der Waals surface area contributed by atoms with Gasteiger partial charge in [0, 0.05) is 10.9 Å². The molecule has 0 N–H and O–H groups in total. The van der Waals surface area contributed by atoms with Crippen molar-refractivity contribution in [1.29, 1.82) is 0 Å². The van der Waals surface area contributed by atoms with Crippen LogP contribution >= 0.6 is 34.5 Å². The summed E-state index contributed by atoms with van der Waals surface area (Å²) >= 11 is 13.4. The lowest BCUT2D eigenvalue weighted by Gasteiger charge is -2.02. The molecule has 1 aliphatic heterocycles. The molecule has 0 aliphatic carbocycles. The molecule has 1 aromatic carbocycles. The summed E-state index contributed by atoms with van der Waals surface area (Å²) < 4.78 is 10.6. The van der Waals surface area contributed by atoms with Gasteiger partial charge in [-0.3, -0.25) is 0 Å². The average Bonchev–Trinajstić information content (AvgIpc) is 2.97. The minimum absolute atomic E-state index is 0.212. The number of thiazole rings is 1. The SMILES string of the molecule is ClCc1csc(-c2cc(Cl)c3c(c2)OCO3)n1. The quantitative estimate of drug-likeness (QED) is 0.785. The second-order valence-electron chi connectivity index (χ2n) is 3.47. The van der Waals surface area contributed by atoms with E-state index in [1.54, 1.807) is 0 Å². The predicted octanol–water partition coefficient (Wildman–Crippen LogP) is 3.93. The number of fused-ring (bicyclic) bond motifs is 1. The maximum atomic E-state index is 6.11. The molecule has 1 aromatic heterocycles. The molecule has 1 aliphatic rings. The molecule has 6 heteroatoms. The fraction of sp³-hybridized carbons (Fsp3) is 0.182. The Kier molecular flexibility index (Phi) is 2.86. The molecule has 2 heterocycles. The van der Waals surface area contributed by atoms with Crippen LogP contribution in [-0.2, 0) is 5.88 Å². The Morgan fingerprint density at radius 3 is 3.00 bits per heavy atom. The number of hydrogen-bond acceptors (Lipinski definition) is 4. The molecule has 0 amide bonds. The Labute approximate surface area is 112 Å². The van der Waals surface area contributed by atoms with Crippen molar-refractivity contribution >= 4 is 34.5 Å².